The molecule has 0 aromatic carbocycles. The molecule has 0 bridgehead atoms. The van der Waals surface area contributed by atoms with Gasteiger partial charge in [0.2, 0.25) is 0 Å². The number of guanidine groups is 1. The van der Waals surface area contributed by atoms with Crippen LogP contribution in [0.1, 0.15) is 69.4 Å². The van der Waals surface area contributed by atoms with E-state index in [4.69, 9.17) is 0 Å². The first-order valence-corrected chi connectivity index (χ1v) is 10.3. The Morgan fingerprint density at radius 3 is 2.31 bits per heavy atom. The number of aromatic nitrogens is 3. The van der Waals surface area contributed by atoms with Crippen molar-refractivity contribution in [3.05, 3.63) is 11.6 Å². The highest BCUT2D eigenvalue weighted by Gasteiger charge is 2.42. The van der Waals surface area contributed by atoms with Crippen molar-refractivity contribution in [3.8, 4) is 0 Å². The molecule has 1 aromatic rings. The van der Waals surface area contributed by atoms with Gasteiger partial charge in [-0.25, -0.2) is 4.99 Å². The summed E-state index contributed by atoms with van der Waals surface area (Å²) in [5, 5.41) is 14.9. The Kier molecular flexibility index (Phi) is 9.02. The Bertz CT molecular complexity index is 669. The number of hydrogen-bond acceptors (Lipinski definition) is 3. The SMILES string of the molecule is Cc1nnc(CN=C(NC2CCCCC2)NC2CCCC(C(F)(F)F)C2)n1C.I. The van der Waals surface area contributed by atoms with Crippen LogP contribution < -0.4 is 10.6 Å². The average Bonchev–Trinajstić information content (AvgIpc) is 2.98. The molecule has 29 heavy (non-hydrogen) atoms. The van der Waals surface area contributed by atoms with Crippen molar-refractivity contribution in [2.45, 2.75) is 89.5 Å². The van der Waals surface area contributed by atoms with Gasteiger partial charge < -0.3 is 15.2 Å². The molecule has 1 aromatic heterocycles. The Balaban J connectivity index is 0.00000300. The molecule has 0 spiro atoms. The number of aryl methyl sites for hydroxylation is 1. The topological polar surface area (TPSA) is 67.1 Å². The Morgan fingerprint density at radius 2 is 1.69 bits per heavy atom. The van der Waals surface area contributed by atoms with E-state index in [1.165, 1.54) is 19.3 Å². The molecular formula is C19H32F3IN6. The van der Waals surface area contributed by atoms with Crippen LogP contribution in [-0.2, 0) is 13.6 Å². The van der Waals surface area contributed by atoms with Crippen molar-refractivity contribution in [2.75, 3.05) is 0 Å². The van der Waals surface area contributed by atoms with Crippen molar-refractivity contribution in [3.63, 3.8) is 0 Å². The highest BCUT2D eigenvalue weighted by atomic mass is 127. The fraction of sp³-hybridized carbons (Fsp3) is 0.842. The molecule has 2 unspecified atom stereocenters. The smallest absolute Gasteiger partial charge is 0.354 e. The van der Waals surface area contributed by atoms with E-state index in [-0.39, 0.29) is 42.9 Å². The van der Waals surface area contributed by atoms with Gasteiger partial charge in [-0.05, 0) is 39.0 Å². The first-order chi connectivity index (χ1) is 13.3. The highest BCUT2D eigenvalue weighted by Crippen LogP contribution is 2.37. The second kappa shape index (κ2) is 10.8. The summed E-state index contributed by atoms with van der Waals surface area (Å²) >= 11 is 0. The lowest BCUT2D eigenvalue weighted by Gasteiger charge is -2.33. The van der Waals surface area contributed by atoms with Crippen LogP contribution >= 0.6 is 24.0 Å². The standard InChI is InChI=1S/C19H31F3N6.HI/c1-13-26-27-17(28(13)2)12-23-18(24-15-8-4-3-5-9-15)25-16-10-6-7-14(11-16)19(20,21)22;/h14-16H,3-12H2,1-2H3,(H2,23,24,25);1H. The molecule has 3 rings (SSSR count). The van der Waals surface area contributed by atoms with Gasteiger partial charge in [0.1, 0.15) is 12.4 Å². The third-order valence-corrected chi connectivity index (χ3v) is 5.99. The lowest BCUT2D eigenvalue weighted by atomic mass is 9.85. The number of nitrogens with one attached hydrogen (secondary N) is 2. The monoisotopic (exact) mass is 528 g/mol. The van der Waals surface area contributed by atoms with E-state index in [0.29, 0.717) is 25.0 Å². The molecule has 2 aliphatic carbocycles. The first kappa shape index (κ1) is 24.2. The molecule has 2 aliphatic rings. The lowest BCUT2D eigenvalue weighted by molar-refractivity contribution is -0.183. The Hall–Kier alpha value is -1.07. The van der Waals surface area contributed by atoms with E-state index in [1.54, 1.807) is 0 Å². The fourth-order valence-corrected chi connectivity index (χ4v) is 4.12. The molecule has 6 nitrogen and oxygen atoms in total. The maximum absolute atomic E-state index is 13.1. The zero-order chi connectivity index (χ0) is 20.1. The third-order valence-electron chi connectivity index (χ3n) is 5.99. The van der Waals surface area contributed by atoms with Crippen molar-refractivity contribution in [1.82, 2.24) is 25.4 Å². The minimum absolute atomic E-state index is 0. The van der Waals surface area contributed by atoms with Gasteiger partial charge in [0.15, 0.2) is 11.8 Å². The molecular weight excluding hydrogens is 496 g/mol. The summed E-state index contributed by atoms with van der Waals surface area (Å²) in [6.45, 7) is 2.22. The molecule has 1 heterocycles. The van der Waals surface area contributed by atoms with Crippen LogP contribution in [0.25, 0.3) is 0 Å². The summed E-state index contributed by atoms with van der Waals surface area (Å²) in [7, 11) is 1.89. The summed E-state index contributed by atoms with van der Waals surface area (Å²) in [5.41, 5.74) is 0. The number of alkyl halides is 3. The van der Waals surface area contributed by atoms with Crippen LogP contribution in [0.3, 0.4) is 0 Å². The summed E-state index contributed by atoms with van der Waals surface area (Å²) < 4.78 is 41.3. The maximum Gasteiger partial charge on any atom is 0.391 e. The van der Waals surface area contributed by atoms with E-state index in [9.17, 15) is 13.2 Å². The van der Waals surface area contributed by atoms with Gasteiger partial charge in [0.05, 0.1) is 5.92 Å². The van der Waals surface area contributed by atoms with E-state index in [1.807, 2.05) is 18.5 Å². The minimum atomic E-state index is -4.12. The van der Waals surface area contributed by atoms with Gasteiger partial charge in [-0.3, -0.25) is 0 Å². The van der Waals surface area contributed by atoms with Crippen LogP contribution in [0, 0.1) is 12.8 Å². The summed E-state index contributed by atoms with van der Waals surface area (Å²) in [6, 6.07) is 0.111. The van der Waals surface area contributed by atoms with E-state index >= 15 is 0 Å². The van der Waals surface area contributed by atoms with Crippen LogP contribution in [0.4, 0.5) is 13.2 Å². The number of nitrogens with zero attached hydrogens (tertiary/aromatic N) is 4. The van der Waals surface area contributed by atoms with Crippen molar-refractivity contribution in [2.24, 2.45) is 18.0 Å². The number of aliphatic imine (C=N–C) groups is 1. The Morgan fingerprint density at radius 1 is 1.03 bits per heavy atom. The van der Waals surface area contributed by atoms with Crippen LogP contribution in [0.5, 0.6) is 0 Å². The largest absolute Gasteiger partial charge is 0.391 e. The third kappa shape index (κ3) is 6.99. The highest BCUT2D eigenvalue weighted by molar-refractivity contribution is 14.0. The predicted octanol–water partition coefficient (Wildman–Crippen LogP) is 4.23. The van der Waals surface area contributed by atoms with E-state index < -0.39 is 12.1 Å². The average molecular weight is 528 g/mol. The molecule has 0 radical (unpaired) electrons. The van der Waals surface area contributed by atoms with E-state index in [0.717, 1.165) is 30.9 Å². The predicted molar refractivity (Wildman–Crippen MR) is 117 cm³/mol. The molecule has 166 valence electrons. The molecule has 2 fully saturated rings. The zero-order valence-electron chi connectivity index (χ0n) is 17.1. The molecule has 10 heteroatoms. The molecule has 0 saturated heterocycles. The van der Waals surface area contributed by atoms with Crippen LogP contribution in [0.15, 0.2) is 4.99 Å². The van der Waals surface area contributed by atoms with Crippen molar-refractivity contribution < 1.29 is 13.2 Å². The Labute approximate surface area is 187 Å². The van der Waals surface area contributed by atoms with Gasteiger partial charge in [0, 0.05) is 19.1 Å². The van der Waals surface area contributed by atoms with Crippen LogP contribution in [-0.4, -0.2) is 39.0 Å². The minimum Gasteiger partial charge on any atom is -0.354 e. The van der Waals surface area contributed by atoms with Gasteiger partial charge in [-0.1, -0.05) is 25.7 Å². The molecule has 2 N–H and O–H groups in total. The molecule has 0 amide bonds. The summed E-state index contributed by atoms with van der Waals surface area (Å²) in [4.78, 5) is 4.63. The first-order valence-electron chi connectivity index (χ1n) is 10.3. The van der Waals surface area contributed by atoms with Crippen molar-refractivity contribution >= 4 is 29.9 Å². The van der Waals surface area contributed by atoms with Gasteiger partial charge in [-0.2, -0.15) is 13.2 Å². The summed E-state index contributed by atoms with van der Waals surface area (Å²) in [6.07, 6.45) is 3.26. The quantitative estimate of drug-likeness (QED) is 0.349. The molecule has 2 saturated carbocycles. The van der Waals surface area contributed by atoms with Gasteiger partial charge >= 0.3 is 6.18 Å². The van der Waals surface area contributed by atoms with Gasteiger partial charge in [-0.15, -0.1) is 34.2 Å². The number of rotatable bonds is 4. The lowest BCUT2D eigenvalue weighted by Crippen LogP contribution is -2.50. The molecule has 0 aliphatic heterocycles. The molecule has 2 atom stereocenters. The number of hydrogen-bond donors (Lipinski definition) is 2. The van der Waals surface area contributed by atoms with Crippen LogP contribution in [0.2, 0.25) is 0 Å². The second-order valence-corrected chi connectivity index (χ2v) is 8.11. The normalized spacial score (nSPS) is 24.1. The maximum atomic E-state index is 13.1. The second-order valence-electron chi connectivity index (χ2n) is 8.11. The van der Waals surface area contributed by atoms with Crippen molar-refractivity contribution in [1.29, 1.82) is 0 Å². The fourth-order valence-electron chi connectivity index (χ4n) is 4.12. The van der Waals surface area contributed by atoms with E-state index in [2.05, 4.69) is 25.8 Å². The number of halogens is 4. The summed E-state index contributed by atoms with van der Waals surface area (Å²) in [5.74, 6) is 0.913. The van der Waals surface area contributed by atoms with Gasteiger partial charge in [0.25, 0.3) is 0 Å². The zero-order valence-corrected chi connectivity index (χ0v) is 19.5.